The second-order valence-corrected chi connectivity index (χ2v) is 6.83. The molecule has 0 spiro atoms. The number of nitrogens with zero attached hydrogens (tertiary/aromatic N) is 4. The molecule has 22 heavy (non-hydrogen) atoms. The van der Waals surface area contributed by atoms with Crippen LogP contribution in [-0.2, 0) is 10.2 Å². The molecule has 0 aliphatic carbocycles. The summed E-state index contributed by atoms with van der Waals surface area (Å²) in [6.07, 6.45) is 0. The number of benzene rings is 1. The quantitative estimate of drug-likeness (QED) is 0.371. The van der Waals surface area contributed by atoms with Crippen molar-refractivity contribution in [2.45, 2.75) is 0 Å². The fourth-order valence-electron chi connectivity index (χ4n) is 1.81. The molecule has 1 aromatic heterocycles. The van der Waals surface area contributed by atoms with Gasteiger partial charge < -0.3 is 10.9 Å². The second-order valence-electron chi connectivity index (χ2n) is 4.48. The Morgan fingerprint density at radius 2 is 1.95 bits per heavy atom. The highest BCUT2D eigenvalue weighted by Crippen LogP contribution is 2.30. The summed E-state index contributed by atoms with van der Waals surface area (Å²) < 4.78 is 27.0. The van der Waals surface area contributed by atoms with E-state index in [9.17, 15) is 8.42 Å². The van der Waals surface area contributed by atoms with E-state index in [1.165, 1.54) is 14.1 Å². The summed E-state index contributed by atoms with van der Waals surface area (Å²) in [7, 11) is -1.28. The Labute approximate surface area is 132 Å². The van der Waals surface area contributed by atoms with Crippen molar-refractivity contribution in [3.05, 3.63) is 41.3 Å². The number of oxime groups is 1. The largest absolute Gasteiger partial charge is 0.409 e. The Kier molecular flexibility index (Phi) is 4.40. The summed E-state index contributed by atoms with van der Waals surface area (Å²) in [6.45, 7) is 0. The van der Waals surface area contributed by atoms with E-state index in [-0.39, 0.29) is 16.7 Å². The van der Waals surface area contributed by atoms with Gasteiger partial charge in [0.05, 0.1) is 0 Å². The molecule has 2 rings (SSSR count). The molecule has 1 aromatic carbocycles. The highest BCUT2D eigenvalue weighted by atomic mass is 35.5. The number of hydrogen-bond acceptors (Lipinski definition) is 5. The summed E-state index contributed by atoms with van der Waals surface area (Å²) >= 11 is 6.09. The van der Waals surface area contributed by atoms with Crippen molar-refractivity contribution < 1.29 is 13.6 Å². The van der Waals surface area contributed by atoms with Gasteiger partial charge in [0.25, 0.3) is 0 Å². The summed E-state index contributed by atoms with van der Waals surface area (Å²) in [5, 5.41) is 11.6. The van der Waals surface area contributed by atoms with Crippen molar-refractivity contribution in [1.82, 2.24) is 13.3 Å². The van der Waals surface area contributed by atoms with Gasteiger partial charge in [0, 0.05) is 19.7 Å². The van der Waals surface area contributed by atoms with Gasteiger partial charge in [-0.15, -0.1) is 0 Å². The zero-order chi connectivity index (χ0) is 16.5. The van der Waals surface area contributed by atoms with Crippen LogP contribution in [0.15, 0.2) is 35.5 Å². The minimum absolute atomic E-state index is 0.0711. The van der Waals surface area contributed by atoms with Crippen LogP contribution in [0.2, 0.25) is 5.15 Å². The topological polar surface area (TPSA) is 114 Å². The minimum Gasteiger partial charge on any atom is -0.409 e. The van der Waals surface area contributed by atoms with Crippen molar-refractivity contribution in [2.75, 3.05) is 14.1 Å². The Balaban J connectivity index is 2.89. The van der Waals surface area contributed by atoms with Crippen LogP contribution in [0.25, 0.3) is 11.3 Å². The third-order valence-corrected chi connectivity index (χ3v) is 4.87. The molecular weight excluding hydrogens is 330 g/mol. The fourth-order valence-corrected chi connectivity index (χ4v) is 3.23. The van der Waals surface area contributed by atoms with Crippen LogP contribution in [0.3, 0.4) is 0 Å². The lowest BCUT2D eigenvalue weighted by atomic mass is 10.2. The molecule has 0 amide bonds. The number of nitrogens with two attached hydrogens (primary N) is 1. The maximum atomic E-state index is 12.6. The third kappa shape index (κ3) is 2.65. The van der Waals surface area contributed by atoms with Crippen LogP contribution in [0.5, 0.6) is 0 Å². The molecule has 0 atom stereocenters. The lowest BCUT2D eigenvalue weighted by Gasteiger charge is -2.16. The SMILES string of the molecule is CN(C)S(=O)(=O)n1c(C(N)=NO)nc(Cl)c1-c1ccccc1. The van der Waals surface area contributed by atoms with Gasteiger partial charge in [0.2, 0.25) is 5.84 Å². The average Bonchev–Trinajstić information content (AvgIpc) is 2.85. The molecule has 2 aromatic rings. The van der Waals surface area contributed by atoms with Crippen molar-refractivity contribution in [2.24, 2.45) is 10.9 Å². The number of rotatable bonds is 4. The average molecular weight is 344 g/mol. The van der Waals surface area contributed by atoms with Gasteiger partial charge in [0.15, 0.2) is 11.0 Å². The standard InChI is InChI=1S/C12H14ClN5O3S/c1-17(2)22(20,21)18-9(8-6-4-3-5-7-8)10(13)15-12(18)11(14)16-19/h3-7,19H,1-2H3,(H2,14,16). The van der Waals surface area contributed by atoms with Gasteiger partial charge in [-0.2, -0.15) is 12.7 Å². The first-order valence-corrected chi connectivity index (χ1v) is 7.82. The molecule has 118 valence electrons. The van der Waals surface area contributed by atoms with E-state index in [1.54, 1.807) is 30.3 Å². The van der Waals surface area contributed by atoms with E-state index in [1.807, 2.05) is 0 Å². The number of hydrogen-bond donors (Lipinski definition) is 2. The van der Waals surface area contributed by atoms with Crippen molar-refractivity contribution in [3.8, 4) is 11.3 Å². The monoisotopic (exact) mass is 343 g/mol. The van der Waals surface area contributed by atoms with Gasteiger partial charge in [0.1, 0.15) is 5.69 Å². The number of amidine groups is 1. The van der Waals surface area contributed by atoms with Gasteiger partial charge in [-0.3, -0.25) is 0 Å². The van der Waals surface area contributed by atoms with E-state index in [2.05, 4.69) is 10.1 Å². The first-order chi connectivity index (χ1) is 10.3. The van der Waals surface area contributed by atoms with Crippen LogP contribution in [0.4, 0.5) is 0 Å². The molecule has 0 fully saturated rings. The highest BCUT2D eigenvalue weighted by Gasteiger charge is 2.30. The van der Waals surface area contributed by atoms with E-state index < -0.39 is 16.0 Å². The van der Waals surface area contributed by atoms with Gasteiger partial charge in [-0.05, 0) is 0 Å². The molecule has 0 saturated carbocycles. The first-order valence-electron chi connectivity index (χ1n) is 6.05. The third-order valence-electron chi connectivity index (χ3n) is 2.87. The molecule has 0 aliphatic rings. The lowest BCUT2D eigenvalue weighted by Crippen LogP contribution is -2.33. The summed E-state index contributed by atoms with van der Waals surface area (Å²) in [5.74, 6) is -0.727. The maximum Gasteiger partial charge on any atom is 0.309 e. The predicted molar refractivity (Wildman–Crippen MR) is 83.2 cm³/mol. The van der Waals surface area contributed by atoms with Crippen molar-refractivity contribution >= 4 is 27.6 Å². The Morgan fingerprint density at radius 3 is 2.45 bits per heavy atom. The molecule has 0 aliphatic heterocycles. The summed E-state index contributed by atoms with van der Waals surface area (Å²) in [4.78, 5) is 3.91. The first kappa shape index (κ1) is 16.3. The molecule has 10 heteroatoms. The molecule has 0 radical (unpaired) electrons. The zero-order valence-corrected chi connectivity index (χ0v) is 13.4. The zero-order valence-electron chi connectivity index (χ0n) is 11.8. The summed E-state index contributed by atoms with van der Waals surface area (Å²) in [6, 6.07) is 8.60. The molecule has 0 saturated heterocycles. The van der Waals surface area contributed by atoms with Crippen LogP contribution >= 0.6 is 11.6 Å². The number of halogens is 1. The van der Waals surface area contributed by atoms with E-state index in [0.29, 0.717) is 5.56 Å². The Bertz CT molecular complexity index is 815. The smallest absolute Gasteiger partial charge is 0.309 e. The summed E-state index contributed by atoms with van der Waals surface area (Å²) in [5.41, 5.74) is 6.19. The van der Waals surface area contributed by atoms with Crippen LogP contribution in [0.1, 0.15) is 5.82 Å². The molecule has 0 bridgehead atoms. The fraction of sp³-hybridized carbons (Fsp3) is 0.167. The van der Waals surface area contributed by atoms with E-state index >= 15 is 0 Å². The molecule has 1 heterocycles. The minimum atomic E-state index is -3.99. The molecule has 0 unspecified atom stereocenters. The van der Waals surface area contributed by atoms with Crippen molar-refractivity contribution in [1.29, 1.82) is 0 Å². The Morgan fingerprint density at radius 1 is 1.36 bits per heavy atom. The second kappa shape index (κ2) is 5.95. The maximum absolute atomic E-state index is 12.6. The molecule has 3 N–H and O–H groups in total. The molecule has 8 nitrogen and oxygen atoms in total. The van der Waals surface area contributed by atoms with Gasteiger partial charge >= 0.3 is 10.2 Å². The normalized spacial score (nSPS) is 12.8. The van der Waals surface area contributed by atoms with Crippen LogP contribution in [-0.4, -0.2) is 46.8 Å². The van der Waals surface area contributed by atoms with Crippen LogP contribution < -0.4 is 5.73 Å². The Hall–Kier alpha value is -2.10. The lowest BCUT2D eigenvalue weighted by molar-refractivity contribution is 0.318. The van der Waals surface area contributed by atoms with Gasteiger partial charge in [-0.1, -0.05) is 47.1 Å². The van der Waals surface area contributed by atoms with Crippen LogP contribution in [0, 0.1) is 0 Å². The van der Waals surface area contributed by atoms with Crippen molar-refractivity contribution in [3.63, 3.8) is 0 Å². The van der Waals surface area contributed by atoms with E-state index in [0.717, 1.165) is 8.28 Å². The van der Waals surface area contributed by atoms with E-state index in [4.69, 9.17) is 22.5 Å². The molecular formula is C12H14ClN5O3S. The number of aromatic nitrogens is 2. The predicted octanol–water partition coefficient (Wildman–Crippen LogP) is 0.953. The highest BCUT2D eigenvalue weighted by molar-refractivity contribution is 7.87. The van der Waals surface area contributed by atoms with Gasteiger partial charge in [-0.25, -0.2) is 8.96 Å². The number of imidazole rings is 1.